The Morgan fingerprint density at radius 2 is 2.11 bits per heavy atom. The van der Waals surface area contributed by atoms with Crippen LogP contribution in [-0.4, -0.2) is 44.4 Å². The molecule has 0 aliphatic carbocycles. The number of hydrogen-bond donors (Lipinski definition) is 4. The average Bonchev–Trinajstić information content (AvgIpc) is 2.37. The Kier molecular flexibility index (Phi) is 12.3. The van der Waals surface area contributed by atoms with E-state index in [9.17, 15) is 4.79 Å². The van der Waals surface area contributed by atoms with E-state index < -0.39 is 0 Å². The first kappa shape index (κ1) is 17.3. The molecule has 1 atom stereocenters. The highest BCUT2D eigenvalue weighted by Crippen LogP contribution is 2.07. The quantitative estimate of drug-likeness (QED) is 0.221. The zero-order valence-corrected chi connectivity index (χ0v) is 11.3. The van der Waals surface area contributed by atoms with Crippen molar-refractivity contribution in [3.05, 3.63) is 0 Å². The van der Waals surface area contributed by atoms with E-state index in [1.807, 2.05) is 0 Å². The third-order valence-corrected chi connectivity index (χ3v) is 2.75. The molecule has 0 bridgehead atoms. The van der Waals surface area contributed by atoms with Gasteiger partial charge in [0, 0.05) is 39.1 Å². The molecule has 0 heterocycles. The Bertz CT molecular complexity index is 203. The maximum atomic E-state index is 11.3. The summed E-state index contributed by atoms with van der Waals surface area (Å²) in [7, 11) is 1.64. The summed E-state index contributed by atoms with van der Waals surface area (Å²) in [4.78, 5) is 11.3. The molecule has 18 heavy (non-hydrogen) atoms. The summed E-state index contributed by atoms with van der Waals surface area (Å²) in [5, 5.41) is 11.9. The van der Waals surface area contributed by atoms with Crippen LogP contribution in [0.15, 0.2) is 0 Å². The monoisotopic (exact) mass is 261 g/mol. The molecule has 6 heteroatoms. The second kappa shape index (κ2) is 12.8. The van der Waals surface area contributed by atoms with Crippen molar-refractivity contribution in [2.24, 2.45) is 11.8 Å². The first-order chi connectivity index (χ1) is 8.74. The molecule has 0 aromatic rings. The Morgan fingerprint density at radius 1 is 1.33 bits per heavy atom. The van der Waals surface area contributed by atoms with E-state index in [1.54, 1.807) is 7.11 Å². The minimum absolute atomic E-state index is 0.0702. The molecule has 108 valence electrons. The average molecular weight is 261 g/mol. The molecule has 0 saturated heterocycles. The molecule has 0 saturated carbocycles. The molecule has 0 aliphatic heterocycles. The van der Waals surface area contributed by atoms with Gasteiger partial charge in [-0.15, -0.1) is 0 Å². The van der Waals surface area contributed by atoms with E-state index in [4.69, 9.17) is 15.7 Å². The number of aliphatic hydroxyl groups is 1. The normalized spacial score (nSPS) is 12.4. The second-order valence-electron chi connectivity index (χ2n) is 4.41. The summed E-state index contributed by atoms with van der Waals surface area (Å²) < 4.78 is 5.00. The summed E-state index contributed by atoms with van der Waals surface area (Å²) in [5.74, 6) is 5.39. The number of hydrogen-bond acceptors (Lipinski definition) is 5. The van der Waals surface area contributed by atoms with Crippen LogP contribution in [0.3, 0.4) is 0 Å². The smallest absolute Gasteiger partial charge is 0.220 e. The number of aliphatic hydroxyl groups excluding tert-OH is 1. The molecule has 0 fully saturated rings. The lowest BCUT2D eigenvalue weighted by Gasteiger charge is -2.12. The van der Waals surface area contributed by atoms with Crippen molar-refractivity contribution in [2.45, 2.75) is 32.1 Å². The van der Waals surface area contributed by atoms with Crippen molar-refractivity contribution < 1.29 is 14.6 Å². The van der Waals surface area contributed by atoms with Gasteiger partial charge in [-0.2, -0.15) is 0 Å². The van der Waals surface area contributed by atoms with Crippen molar-refractivity contribution in [3.8, 4) is 0 Å². The fourth-order valence-electron chi connectivity index (χ4n) is 1.69. The molecule has 0 radical (unpaired) electrons. The third-order valence-electron chi connectivity index (χ3n) is 2.75. The molecule has 1 amide bonds. The molecule has 6 nitrogen and oxygen atoms in total. The summed E-state index contributed by atoms with van der Waals surface area (Å²) >= 11 is 0. The number of unbranched alkanes of at least 4 members (excludes halogenated alkanes) is 1. The van der Waals surface area contributed by atoms with Crippen molar-refractivity contribution in [1.82, 2.24) is 10.7 Å². The molecular formula is C12H27N3O3. The molecule has 0 aliphatic rings. The van der Waals surface area contributed by atoms with Crippen molar-refractivity contribution in [3.63, 3.8) is 0 Å². The number of carbonyl (C=O) groups excluding carboxylic acids is 1. The standard InChI is InChI=1S/C12H27N3O3/c1-18-10-11(9-16)5-2-3-7-14-12(17)6-4-8-15-13/h11,15-16H,2-10,13H2,1H3,(H,14,17). The van der Waals surface area contributed by atoms with Crippen LogP contribution in [0.4, 0.5) is 0 Å². The number of amides is 1. The van der Waals surface area contributed by atoms with Gasteiger partial charge in [0.15, 0.2) is 0 Å². The van der Waals surface area contributed by atoms with Crippen LogP contribution in [0.2, 0.25) is 0 Å². The molecule has 0 aromatic heterocycles. The number of rotatable bonds is 12. The van der Waals surface area contributed by atoms with Crippen LogP contribution in [0, 0.1) is 5.92 Å². The maximum absolute atomic E-state index is 11.3. The Labute approximate surface area is 109 Å². The molecule has 0 spiro atoms. The lowest BCUT2D eigenvalue weighted by atomic mass is 10.0. The topological polar surface area (TPSA) is 96.6 Å². The van der Waals surface area contributed by atoms with Crippen molar-refractivity contribution in [1.29, 1.82) is 0 Å². The van der Waals surface area contributed by atoms with E-state index in [0.29, 0.717) is 26.1 Å². The fourth-order valence-corrected chi connectivity index (χ4v) is 1.69. The molecular weight excluding hydrogens is 234 g/mol. The van der Waals surface area contributed by atoms with Gasteiger partial charge < -0.3 is 15.2 Å². The minimum Gasteiger partial charge on any atom is -0.396 e. The highest BCUT2D eigenvalue weighted by atomic mass is 16.5. The van der Waals surface area contributed by atoms with Gasteiger partial charge in [-0.25, -0.2) is 0 Å². The predicted molar refractivity (Wildman–Crippen MR) is 70.7 cm³/mol. The lowest BCUT2D eigenvalue weighted by molar-refractivity contribution is -0.121. The number of nitrogens with two attached hydrogens (primary N) is 1. The van der Waals surface area contributed by atoms with E-state index in [-0.39, 0.29) is 18.4 Å². The van der Waals surface area contributed by atoms with Crippen LogP contribution in [-0.2, 0) is 9.53 Å². The number of methoxy groups -OCH3 is 1. The predicted octanol–water partition coefficient (Wildman–Crippen LogP) is -0.229. The SMILES string of the molecule is COCC(CO)CCCCNC(=O)CCCNN. The number of ether oxygens (including phenoxy) is 1. The third kappa shape index (κ3) is 10.5. The molecule has 1 unspecified atom stereocenters. The van der Waals surface area contributed by atoms with Crippen LogP contribution in [0.1, 0.15) is 32.1 Å². The van der Waals surface area contributed by atoms with Gasteiger partial charge in [0.25, 0.3) is 0 Å². The van der Waals surface area contributed by atoms with Gasteiger partial charge in [-0.3, -0.25) is 16.1 Å². The summed E-state index contributed by atoms with van der Waals surface area (Å²) in [6.07, 6.45) is 4.10. The van der Waals surface area contributed by atoms with E-state index in [1.165, 1.54) is 0 Å². The lowest BCUT2D eigenvalue weighted by Crippen LogP contribution is -2.27. The number of nitrogens with one attached hydrogen (secondary N) is 2. The summed E-state index contributed by atoms with van der Waals surface area (Å²) in [5.41, 5.74) is 2.51. The van der Waals surface area contributed by atoms with Gasteiger partial charge in [-0.05, 0) is 19.3 Å². The van der Waals surface area contributed by atoms with E-state index in [2.05, 4.69) is 10.7 Å². The molecule has 0 aromatic carbocycles. The Balaban J connectivity index is 3.35. The van der Waals surface area contributed by atoms with Crippen LogP contribution < -0.4 is 16.6 Å². The van der Waals surface area contributed by atoms with E-state index in [0.717, 1.165) is 25.7 Å². The molecule has 0 rings (SSSR count). The Hall–Kier alpha value is -0.690. The summed E-state index contributed by atoms with van der Waals surface area (Å²) in [6, 6.07) is 0. The zero-order valence-electron chi connectivity index (χ0n) is 11.3. The van der Waals surface area contributed by atoms with Crippen molar-refractivity contribution >= 4 is 5.91 Å². The number of carbonyl (C=O) groups is 1. The fraction of sp³-hybridized carbons (Fsp3) is 0.917. The van der Waals surface area contributed by atoms with Crippen LogP contribution in [0.5, 0.6) is 0 Å². The van der Waals surface area contributed by atoms with Crippen LogP contribution in [0.25, 0.3) is 0 Å². The highest BCUT2D eigenvalue weighted by molar-refractivity contribution is 5.75. The van der Waals surface area contributed by atoms with Crippen LogP contribution >= 0.6 is 0 Å². The Morgan fingerprint density at radius 3 is 2.72 bits per heavy atom. The van der Waals surface area contributed by atoms with Gasteiger partial charge in [0.05, 0.1) is 6.61 Å². The first-order valence-electron chi connectivity index (χ1n) is 6.54. The van der Waals surface area contributed by atoms with Crippen molar-refractivity contribution in [2.75, 3.05) is 33.4 Å². The highest BCUT2D eigenvalue weighted by Gasteiger charge is 2.06. The number of hydrazine groups is 1. The van der Waals surface area contributed by atoms with Gasteiger partial charge >= 0.3 is 0 Å². The summed E-state index contributed by atoms with van der Waals surface area (Å²) in [6.45, 7) is 2.10. The van der Waals surface area contributed by atoms with E-state index >= 15 is 0 Å². The maximum Gasteiger partial charge on any atom is 0.220 e. The largest absolute Gasteiger partial charge is 0.396 e. The first-order valence-corrected chi connectivity index (χ1v) is 6.54. The van der Waals surface area contributed by atoms with Gasteiger partial charge in [0.2, 0.25) is 5.91 Å². The van der Waals surface area contributed by atoms with Gasteiger partial charge in [-0.1, -0.05) is 6.42 Å². The zero-order chi connectivity index (χ0) is 13.6. The minimum atomic E-state index is 0.0702. The second-order valence-corrected chi connectivity index (χ2v) is 4.41. The van der Waals surface area contributed by atoms with Gasteiger partial charge in [0.1, 0.15) is 0 Å². The molecule has 5 N–H and O–H groups in total.